The Morgan fingerprint density at radius 1 is 1.44 bits per heavy atom. The molecule has 0 amide bonds. The van der Waals surface area contributed by atoms with E-state index < -0.39 is 0 Å². The van der Waals surface area contributed by atoms with Gasteiger partial charge in [-0.1, -0.05) is 5.16 Å². The molecule has 4 heteroatoms. The van der Waals surface area contributed by atoms with Gasteiger partial charge in [0.05, 0.1) is 11.8 Å². The van der Waals surface area contributed by atoms with Crippen LogP contribution in [0, 0.1) is 0 Å². The smallest absolute Gasteiger partial charge is 0.162 e. The first kappa shape index (κ1) is 13.2. The number of nitrogens with zero attached hydrogens (tertiary/aromatic N) is 1. The van der Waals surface area contributed by atoms with E-state index in [1.165, 1.54) is 0 Å². The molecule has 0 saturated carbocycles. The van der Waals surface area contributed by atoms with E-state index in [9.17, 15) is 0 Å². The van der Waals surface area contributed by atoms with Crippen LogP contribution < -0.4 is 5.32 Å². The summed E-state index contributed by atoms with van der Waals surface area (Å²) in [5, 5.41) is 7.33. The van der Waals surface area contributed by atoms with Crippen molar-refractivity contribution in [3.05, 3.63) is 17.5 Å². The van der Waals surface area contributed by atoms with Crippen molar-refractivity contribution in [3.8, 4) is 0 Å². The van der Waals surface area contributed by atoms with Crippen LogP contribution in [0.3, 0.4) is 0 Å². The summed E-state index contributed by atoms with van der Waals surface area (Å²) in [6.07, 6.45) is 0.209. The van der Waals surface area contributed by atoms with Crippen molar-refractivity contribution >= 4 is 0 Å². The SMILES string of the molecule is CC(C)OCc1cc(CNC(C)(C)C)no1. The van der Waals surface area contributed by atoms with Crippen molar-refractivity contribution in [3.63, 3.8) is 0 Å². The second kappa shape index (κ2) is 5.46. The molecule has 0 aromatic carbocycles. The number of ether oxygens (including phenoxy) is 1. The zero-order chi connectivity index (χ0) is 12.2. The Kier molecular flexibility index (Phi) is 4.50. The second-order valence-corrected chi connectivity index (χ2v) is 5.25. The van der Waals surface area contributed by atoms with Crippen LogP contribution in [0.4, 0.5) is 0 Å². The molecule has 0 saturated heterocycles. The average molecular weight is 226 g/mol. The Bertz CT molecular complexity index is 313. The Balaban J connectivity index is 2.39. The lowest BCUT2D eigenvalue weighted by atomic mass is 10.1. The van der Waals surface area contributed by atoms with Gasteiger partial charge in [0.25, 0.3) is 0 Å². The van der Waals surface area contributed by atoms with E-state index >= 15 is 0 Å². The molecule has 0 unspecified atom stereocenters. The first-order valence-corrected chi connectivity index (χ1v) is 5.68. The molecule has 0 radical (unpaired) electrons. The highest BCUT2D eigenvalue weighted by Crippen LogP contribution is 2.08. The standard InChI is InChI=1S/C12H22N2O2/c1-9(2)15-8-11-6-10(14-16-11)7-13-12(3,4)5/h6,9,13H,7-8H2,1-5H3. The summed E-state index contributed by atoms with van der Waals surface area (Å²) in [5.74, 6) is 0.777. The maximum Gasteiger partial charge on any atom is 0.162 e. The van der Waals surface area contributed by atoms with Crippen LogP contribution in [0.25, 0.3) is 0 Å². The minimum absolute atomic E-state index is 0.0908. The maximum absolute atomic E-state index is 5.43. The Hall–Kier alpha value is -0.870. The molecule has 92 valence electrons. The molecule has 0 bridgehead atoms. The fourth-order valence-electron chi connectivity index (χ4n) is 1.11. The summed E-state index contributed by atoms with van der Waals surface area (Å²) in [7, 11) is 0. The van der Waals surface area contributed by atoms with Crippen molar-refractivity contribution in [2.45, 2.75) is 59.4 Å². The molecule has 0 aliphatic rings. The van der Waals surface area contributed by atoms with Gasteiger partial charge in [0.2, 0.25) is 0 Å². The molecule has 16 heavy (non-hydrogen) atoms. The summed E-state index contributed by atoms with van der Waals surface area (Å²) in [6, 6.07) is 1.93. The monoisotopic (exact) mass is 226 g/mol. The summed E-state index contributed by atoms with van der Waals surface area (Å²) in [5.41, 5.74) is 1.00. The Labute approximate surface area is 97.3 Å². The lowest BCUT2D eigenvalue weighted by Gasteiger charge is -2.19. The van der Waals surface area contributed by atoms with E-state index in [0.717, 1.165) is 11.5 Å². The fourth-order valence-corrected chi connectivity index (χ4v) is 1.11. The summed E-state index contributed by atoms with van der Waals surface area (Å²) in [4.78, 5) is 0. The van der Waals surface area contributed by atoms with Gasteiger partial charge in [0.15, 0.2) is 5.76 Å². The van der Waals surface area contributed by atoms with E-state index in [4.69, 9.17) is 9.26 Å². The van der Waals surface area contributed by atoms with Gasteiger partial charge in [-0.05, 0) is 34.6 Å². The zero-order valence-electron chi connectivity index (χ0n) is 10.8. The molecule has 1 rings (SSSR count). The van der Waals surface area contributed by atoms with Gasteiger partial charge < -0.3 is 14.6 Å². The van der Waals surface area contributed by atoms with Crippen LogP contribution in [0.5, 0.6) is 0 Å². The quantitative estimate of drug-likeness (QED) is 0.838. The zero-order valence-corrected chi connectivity index (χ0v) is 10.8. The predicted octanol–water partition coefficient (Wildman–Crippen LogP) is 2.49. The van der Waals surface area contributed by atoms with Crippen molar-refractivity contribution in [1.29, 1.82) is 0 Å². The predicted molar refractivity (Wildman–Crippen MR) is 63.0 cm³/mol. The number of hydrogen-bond acceptors (Lipinski definition) is 4. The summed E-state index contributed by atoms with van der Waals surface area (Å²) < 4.78 is 10.6. The summed E-state index contributed by atoms with van der Waals surface area (Å²) in [6.45, 7) is 11.6. The third kappa shape index (κ3) is 5.28. The molecular weight excluding hydrogens is 204 g/mol. The van der Waals surface area contributed by atoms with E-state index in [-0.39, 0.29) is 11.6 Å². The molecule has 1 aromatic rings. The van der Waals surface area contributed by atoms with Gasteiger partial charge in [0.1, 0.15) is 6.61 Å². The van der Waals surface area contributed by atoms with Crippen LogP contribution in [0.2, 0.25) is 0 Å². The molecule has 0 aliphatic carbocycles. The fraction of sp³-hybridized carbons (Fsp3) is 0.750. The molecule has 0 fully saturated rings. The van der Waals surface area contributed by atoms with Crippen LogP contribution in [0.15, 0.2) is 10.6 Å². The first-order chi connectivity index (χ1) is 7.37. The van der Waals surface area contributed by atoms with Gasteiger partial charge >= 0.3 is 0 Å². The van der Waals surface area contributed by atoms with E-state index in [2.05, 4.69) is 31.2 Å². The average Bonchev–Trinajstić information content (AvgIpc) is 2.58. The van der Waals surface area contributed by atoms with Gasteiger partial charge in [-0.2, -0.15) is 0 Å². The Morgan fingerprint density at radius 2 is 2.12 bits per heavy atom. The molecule has 0 spiro atoms. The van der Waals surface area contributed by atoms with E-state index in [1.54, 1.807) is 0 Å². The van der Waals surface area contributed by atoms with Gasteiger partial charge in [0, 0.05) is 18.2 Å². The highest BCUT2D eigenvalue weighted by atomic mass is 16.5. The Morgan fingerprint density at radius 3 is 2.69 bits per heavy atom. The van der Waals surface area contributed by atoms with Crippen molar-refractivity contribution in [2.75, 3.05) is 0 Å². The molecule has 1 aromatic heterocycles. The third-order valence-corrected chi connectivity index (χ3v) is 1.97. The van der Waals surface area contributed by atoms with Crippen molar-refractivity contribution in [1.82, 2.24) is 10.5 Å². The molecule has 1 N–H and O–H groups in total. The van der Waals surface area contributed by atoms with Crippen molar-refractivity contribution < 1.29 is 9.26 Å². The van der Waals surface area contributed by atoms with E-state index in [0.29, 0.717) is 13.2 Å². The topological polar surface area (TPSA) is 47.3 Å². The van der Waals surface area contributed by atoms with Gasteiger partial charge in [-0.3, -0.25) is 0 Å². The highest BCUT2D eigenvalue weighted by Gasteiger charge is 2.11. The molecular formula is C12H22N2O2. The van der Waals surface area contributed by atoms with Gasteiger partial charge in [-0.15, -0.1) is 0 Å². The number of aromatic nitrogens is 1. The van der Waals surface area contributed by atoms with Crippen molar-refractivity contribution in [2.24, 2.45) is 0 Å². The third-order valence-electron chi connectivity index (χ3n) is 1.97. The van der Waals surface area contributed by atoms with Crippen LogP contribution in [0.1, 0.15) is 46.1 Å². The van der Waals surface area contributed by atoms with Crippen LogP contribution in [-0.4, -0.2) is 16.8 Å². The lowest BCUT2D eigenvalue weighted by Crippen LogP contribution is -2.35. The summed E-state index contributed by atoms with van der Waals surface area (Å²) >= 11 is 0. The molecule has 4 nitrogen and oxygen atoms in total. The normalized spacial score (nSPS) is 12.4. The minimum atomic E-state index is 0.0908. The lowest BCUT2D eigenvalue weighted by molar-refractivity contribution is 0.0512. The van der Waals surface area contributed by atoms with Gasteiger partial charge in [-0.25, -0.2) is 0 Å². The molecule has 1 heterocycles. The number of nitrogens with one attached hydrogen (secondary N) is 1. The molecule has 0 aliphatic heterocycles. The maximum atomic E-state index is 5.43. The van der Waals surface area contributed by atoms with E-state index in [1.807, 2.05) is 19.9 Å². The number of rotatable bonds is 5. The minimum Gasteiger partial charge on any atom is -0.371 e. The first-order valence-electron chi connectivity index (χ1n) is 5.68. The van der Waals surface area contributed by atoms with Crippen LogP contribution in [-0.2, 0) is 17.9 Å². The number of hydrogen-bond donors (Lipinski definition) is 1. The highest BCUT2D eigenvalue weighted by molar-refractivity contribution is 5.04. The largest absolute Gasteiger partial charge is 0.371 e. The second-order valence-electron chi connectivity index (χ2n) is 5.25. The molecule has 0 atom stereocenters. The van der Waals surface area contributed by atoms with Crippen LogP contribution >= 0.6 is 0 Å².